The molecule has 0 radical (unpaired) electrons. The predicted molar refractivity (Wildman–Crippen MR) is 48.5 cm³/mol. The van der Waals surface area contributed by atoms with E-state index in [1.54, 1.807) is 0 Å². The second-order valence-electron chi connectivity index (χ2n) is 4.60. The van der Waals surface area contributed by atoms with Gasteiger partial charge in [-0.05, 0) is 0 Å². The Hall–Kier alpha value is 0.900. The molecule has 0 rings (SSSR count). The fourth-order valence-corrected chi connectivity index (χ4v) is 9.06. The van der Waals surface area contributed by atoms with Crippen LogP contribution in [0.5, 0.6) is 0 Å². The third kappa shape index (κ3) is 3.34. The van der Waals surface area contributed by atoms with Crippen molar-refractivity contribution in [2.24, 2.45) is 0 Å². The number of hydrogen-bond donors (Lipinski definition) is 0. The first-order valence-corrected chi connectivity index (χ1v) is 11.0. The molecule has 0 aliphatic heterocycles. The summed E-state index contributed by atoms with van der Waals surface area (Å²) in [5, 5.41) is 0. The SMILES string of the molecule is C[Si](C)(C)[N]([Co])[Si](C)(C)C. The van der Waals surface area contributed by atoms with Gasteiger partial charge in [-0.1, -0.05) is 0 Å². The van der Waals surface area contributed by atoms with Gasteiger partial charge < -0.3 is 0 Å². The van der Waals surface area contributed by atoms with Crippen molar-refractivity contribution in [3.63, 3.8) is 0 Å². The van der Waals surface area contributed by atoms with Gasteiger partial charge in [-0.2, -0.15) is 0 Å². The molecular formula is C6H18CoNSi2. The second kappa shape index (κ2) is 3.10. The van der Waals surface area contributed by atoms with Crippen molar-refractivity contribution in [1.29, 1.82) is 0 Å². The van der Waals surface area contributed by atoms with Crippen LogP contribution in [0.15, 0.2) is 0 Å². The van der Waals surface area contributed by atoms with Gasteiger partial charge in [-0.15, -0.1) is 0 Å². The molecule has 1 nitrogen and oxygen atoms in total. The van der Waals surface area contributed by atoms with E-state index in [2.05, 4.69) is 58.5 Å². The Morgan fingerprint density at radius 3 is 1.00 bits per heavy atom. The molecular weight excluding hydrogens is 201 g/mol. The van der Waals surface area contributed by atoms with E-state index in [0.29, 0.717) is 0 Å². The van der Waals surface area contributed by atoms with Gasteiger partial charge in [0.05, 0.1) is 0 Å². The summed E-state index contributed by atoms with van der Waals surface area (Å²) in [5.74, 6) is 0. The van der Waals surface area contributed by atoms with E-state index >= 15 is 0 Å². The van der Waals surface area contributed by atoms with Gasteiger partial charge in [0.1, 0.15) is 0 Å². The molecule has 0 unspecified atom stereocenters. The molecule has 0 fully saturated rings. The van der Waals surface area contributed by atoms with Crippen LogP contribution >= 0.6 is 0 Å². The molecule has 0 aromatic heterocycles. The summed E-state index contributed by atoms with van der Waals surface area (Å²) < 4.78 is 2.34. The maximum atomic E-state index is 4.60. The van der Waals surface area contributed by atoms with Crippen LogP contribution < -0.4 is 0 Å². The molecule has 0 heterocycles. The maximum absolute atomic E-state index is 4.60. The van der Waals surface area contributed by atoms with Crippen LogP contribution in [0.1, 0.15) is 0 Å². The Labute approximate surface area is 75.2 Å². The summed E-state index contributed by atoms with van der Waals surface area (Å²) in [6.07, 6.45) is 0. The normalized spacial score (nSPS) is 14.5. The van der Waals surface area contributed by atoms with Gasteiger partial charge in [0.15, 0.2) is 0 Å². The predicted octanol–water partition coefficient (Wildman–Crippen LogP) is 2.42. The molecule has 0 amide bonds. The zero-order chi connectivity index (χ0) is 8.58. The Balaban J connectivity index is 4.23. The molecule has 0 aliphatic carbocycles. The quantitative estimate of drug-likeness (QED) is 0.645. The third-order valence-corrected chi connectivity index (χ3v) is 11.6. The van der Waals surface area contributed by atoms with Crippen molar-refractivity contribution >= 4 is 16.5 Å². The van der Waals surface area contributed by atoms with Crippen LogP contribution in [0.3, 0.4) is 0 Å². The molecule has 0 spiro atoms. The molecule has 64 valence electrons. The summed E-state index contributed by atoms with van der Waals surface area (Å²) in [7, 11) is -2.28. The van der Waals surface area contributed by atoms with Crippen molar-refractivity contribution in [2.45, 2.75) is 39.3 Å². The first-order chi connectivity index (χ1) is 4.15. The van der Waals surface area contributed by atoms with Crippen molar-refractivity contribution in [1.82, 2.24) is 3.28 Å². The minimum absolute atomic E-state index is 1.14. The van der Waals surface area contributed by atoms with Gasteiger partial charge in [-0.25, -0.2) is 0 Å². The minimum atomic E-state index is -1.14. The van der Waals surface area contributed by atoms with Crippen molar-refractivity contribution < 1.29 is 16.0 Å². The van der Waals surface area contributed by atoms with Gasteiger partial charge >= 0.3 is 75.0 Å². The summed E-state index contributed by atoms with van der Waals surface area (Å²) >= 11 is 4.60. The van der Waals surface area contributed by atoms with E-state index in [1.165, 1.54) is 0 Å². The molecule has 10 heavy (non-hydrogen) atoms. The van der Waals surface area contributed by atoms with E-state index < -0.39 is 16.5 Å². The Bertz CT molecular complexity index is 99.9. The molecule has 0 saturated heterocycles. The average Bonchev–Trinajstić information content (AvgIpc) is 1.59. The molecule has 0 saturated carbocycles. The summed E-state index contributed by atoms with van der Waals surface area (Å²) in [6.45, 7) is 14.0. The number of nitrogens with zero attached hydrogens (tertiary/aromatic N) is 1. The van der Waals surface area contributed by atoms with E-state index in [-0.39, 0.29) is 0 Å². The molecule has 0 aromatic carbocycles. The Kier molecular flexibility index (Phi) is 3.38. The summed E-state index contributed by atoms with van der Waals surface area (Å²) in [4.78, 5) is 0. The third-order valence-electron chi connectivity index (χ3n) is 1.12. The van der Waals surface area contributed by atoms with E-state index in [9.17, 15) is 0 Å². The van der Waals surface area contributed by atoms with Crippen molar-refractivity contribution in [3.05, 3.63) is 0 Å². The van der Waals surface area contributed by atoms with Crippen LogP contribution in [-0.2, 0) is 16.0 Å². The molecule has 0 atom stereocenters. The summed E-state index contributed by atoms with van der Waals surface area (Å²) in [5.41, 5.74) is 0. The molecule has 0 aromatic rings. The van der Waals surface area contributed by atoms with Crippen LogP contribution in [0.25, 0.3) is 0 Å². The van der Waals surface area contributed by atoms with Gasteiger partial charge in [0.25, 0.3) is 0 Å². The Morgan fingerprint density at radius 2 is 1.00 bits per heavy atom. The van der Waals surface area contributed by atoms with Gasteiger partial charge in [0, 0.05) is 0 Å². The molecule has 0 N–H and O–H groups in total. The van der Waals surface area contributed by atoms with E-state index in [1.807, 2.05) is 0 Å². The second-order valence-corrected chi connectivity index (χ2v) is 15.9. The molecule has 4 heteroatoms. The zero-order valence-corrected chi connectivity index (χ0v) is 10.8. The molecule has 0 bridgehead atoms. The van der Waals surface area contributed by atoms with Crippen LogP contribution in [0.2, 0.25) is 39.3 Å². The van der Waals surface area contributed by atoms with Crippen molar-refractivity contribution in [3.8, 4) is 0 Å². The van der Waals surface area contributed by atoms with Crippen LogP contribution in [0, 0.1) is 0 Å². The van der Waals surface area contributed by atoms with Crippen molar-refractivity contribution in [2.75, 3.05) is 0 Å². The van der Waals surface area contributed by atoms with E-state index in [4.69, 9.17) is 0 Å². The average molecular weight is 219 g/mol. The van der Waals surface area contributed by atoms with E-state index in [0.717, 1.165) is 0 Å². The number of hydrogen-bond acceptors (Lipinski definition) is 1. The number of rotatable bonds is 2. The fourth-order valence-electron chi connectivity index (χ4n) is 1.01. The zero-order valence-electron chi connectivity index (χ0n) is 7.78. The topological polar surface area (TPSA) is 3.24 Å². The molecule has 0 aliphatic rings. The summed E-state index contributed by atoms with van der Waals surface area (Å²) in [6, 6.07) is 0. The van der Waals surface area contributed by atoms with Gasteiger partial charge in [0.2, 0.25) is 0 Å². The first-order valence-electron chi connectivity index (χ1n) is 3.60. The van der Waals surface area contributed by atoms with Crippen LogP contribution in [-0.4, -0.2) is 19.8 Å². The standard InChI is InChI=1S/C6H18NSi2.Co/c1-8(2,3)7-9(4,5)6;/h1-6H3;/q-1;+1. The fraction of sp³-hybridized carbons (Fsp3) is 1.00. The van der Waals surface area contributed by atoms with Crippen LogP contribution in [0.4, 0.5) is 0 Å². The Morgan fingerprint density at radius 1 is 0.800 bits per heavy atom. The van der Waals surface area contributed by atoms with Gasteiger partial charge in [-0.3, -0.25) is 0 Å². The first kappa shape index (κ1) is 10.9. The monoisotopic (exact) mass is 219 g/mol.